The molecule has 2 aromatic heterocycles. The average Bonchev–Trinajstić information content (AvgIpc) is 2.80. The van der Waals surface area contributed by atoms with Crippen molar-refractivity contribution in [3.8, 4) is 11.5 Å². The van der Waals surface area contributed by atoms with Gasteiger partial charge in [-0.3, -0.25) is 13.9 Å². The van der Waals surface area contributed by atoms with Gasteiger partial charge < -0.3 is 10.1 Å². The van der Waals surface area contributed by atoms with E-state index in [2.05, 4.69) is 10.3 Å². The number of amides is 1. The highest BCUT2D eigenvalue weighted by Gasteiger charge is 2.15. The maximum Gasteiger partial charge on any atom is 0.329 e. The molecule has 7 heteroatoms. The number of ether oxygens (including phenoxy) is 1. The molecular weight excluding hydrogens is 320 g/mol. The van der Waals surface area contributed by atoms with Gasteiger partial charge in [-0.05, 0) is 32.0 Å². The molecule has 130 valence electrons. The van der Waals surface area contributed by atoms with Gasteiger partial charge in [0.2, 0.25) is 0 Å². The first-order valence-corrected chi connectivity index (χ1v) is 7.97. The van der Waals surface area contributed by atoms with E-state index in [1.165, 1.54) is 9.13 Å². The lowest BCUT2D eigenvalue weighted by Crippen LogP contribution is -2.29. The molecule has 0 atom stereocenters. The molecule has 7 nitrogen and oxygen atoms in total. The molecule has 2 heterocycles. The standard InChI is InChI=1S/C18H20N4O3/c1-11(2)20-17(23)12-6-5-7-13(10-12)25-14-8-9-19-16-15(14)21(3)18(24)22(16)4/h5-11H,1-4H3,(H,20,23). The SMILES string of the molecule is CC(C)NC(=O)c1cccc(Oc2ccnc3c2n(C)c(=O)n3C)c1. The van der Waals surface area contributed by atoms with E-state index < -0.39 is 0 Å². The van der Waals surface area contributed by atoms with Gasteiger partial charge in [-0.15, -0.1) is 0 Å². The van der Waals surface area contributed by atoms with E-state index in [4.69, 9.17) is 4.74 Å². The van der Waals surface area contributed by atoms with Gasteiger partial charge in [-0.2, -0.15) is 0 Å². The van der Waals surface area contributed by atoms with Crippen molar-refractivity contribution in [3.05, 3.63) is 52.6 Å². The number of carbonyl (C=O) groups is 1. The van der Waals surface area contributed by atoms with Gasteiger partial charge >= 0.3 is 5.69 Å². The van der Waals surface area contributed by atoms with Gasteiger partial charge in [0.05, 0.1) is 0 Å². The Hall–Kier alpha value is -3.09. The lowest BCUT2D eigenvalue weighted by atomic mass is 10.2. The highest BCUT2D eigenvalue weighted by molar-refractivity contribution is 5.94. The third-order valence-corrected chi connectivity index (χ3v) is 3.84. The zero-order valence-electron chi connectivity index (χ0n) is 14.6. The molecule has 0 aliphatic rings. The van der Waals surface area contributed by atoms with Crippen molar-refractivity contribution in [2.24, 2.45) is 14.1 Å². The van der Waals surface area contributed by atoms with Crippen molar-refractivity contribution < 1.29 is 9.53 Å². The minimum atomic E-state index is -0.177. The monoisotopic (exact) mass is 340 g/mol. The Bertz CT molecular complexity index is 1000. The summed E-state index contributed by atoms with van der Waals surface area (Å²) in [6.45, 7) is 3.81. The van der Waals surface area contributed by atoms with Crippen LogP contribution >= 0.6 is 0 Å². The number of aryl methyl sites for hydroxylation is 2. The molecule has 0 bridgehead atoms. The van der Waals surface area contributed by atoms with Crippen LogP contribution in [0.3, 0.4) is 0 Å². The van der Waals surface area contributed by atoms with Crippen molar-refractivity contribution in [1.82, 2.24) is 19.4 Å². The quantitative estimate of drug-likeness (QED) is 0.790. The molecule has 0 spiro atoms. The molecule has 0 saturated carbocycles. The van der Waals surface area contributed by atoms with Crippen LogP contribution in [0.25, 0.3) is 11.2 Å². The fourth-order valence-electron chi connectivity index (χ4n) is 2.65. The number of fused-ring (bicyclic) bond motifs is 1. The smallest absolute Gasteiger partial charge is 0.329 e. The molecule has 25 heavy (non-hydrogen) atoms. The Morgan fingerprint density at radius 3 is 2.68 bits per heavy atom. The lowest BCUT2D eigenvalue weighted by molar-refractivity contribution is 0.0943. The van der Waals surface area contributed by atoms with E-state index in [9.17, 15) is 9.59 Å². The van der Waals surface area contributed by atoms with Gasteiger partial charge in [0.25, 0.3) is 5.91 Å². The topological polar surface area (TPSA) is 78.2 Å². The summed E-state index contributed by atoms with van der Waals surface area (Å²) in [6.07, 6.45) is 1.59. The van der Waals surface area contributed by atoms with Crippen molar-refractivity contribution in [2.75, 3.05) is 0 Å². The summed E-state index contributed by atoms with van der Waals surface area (Å²) >= 11 is 0. The van der Waals surface area contributed by atoms with Crippen LogP contribution in [0, 0.1) is 0 Å². The third kappa shape index (κ3) is 3.13. The zero-order valence-corrected chi connectivity index (χ0v) is 14.6. The fourth-order valence-corrected chi connectivity index (χ4v) is 2.65. The summed E-state index contributed by atoms with van der Waals surface area (Å²) in [5.41, 5.74) is 1.48. The van der Waals surface area contributed by atoms with Crippen LogP contribution in [0.1, 0.15) is 24.2 Å². The molecule has 1 N–H and O–H groups in total. The summed E-state index contributed by atoms with van der Waals surface area (Å²) < 4.78 is 8.90. The molecular formula is C18H20N4O3. The Kier molecular flexibility index (Phi) is 4.31. The predicted octanol–water partition coefficient (Wildman–Crippen LogP) is 2.20. The molecule has 0 radical (unpaired) electrons. The number of rotatable bonds is 4. The number of nitrogens with one attached hydrogen (secondary N) is 1. The first kappa shape index (κ1) is 16.8. The van der Waals surface area contributed by atoms with Gasteiger partial charge in [-0.25, -0.2) is 9.78 Å². The molecule has 1 amide bonds. The summed E-state index contributed by atoms with van der Waals surface area (Å²) in [6, 6.07) is 8.67. The van der Waals surface area contributed by atoms with E-state index >= 15 is 0 Å². The van der Waals surface area contributed by atoms with Crippen molar-refractivity contribution >= 4 is 17.1 Å². The molecule has 3 aromatic rings. The van der Waals surface area contributed by atoms with E-state index in [-0.39, 0.29) is 17.6 Å². The highest BCUT2D eigenvalue weighted by atomic mass is 16.5. The number of aromatic nitrogens is 3. The van der Waals surface area contributed by atoms with E-state index in [1.54, 1.807) is 50.6 Å². The summed E-state index contributed by atoms with van der Waals surface area (Å²) in [5.74, 6) is 0.860. The highest BCUT2D eigenvalue weighted by Crippen LogP contribution is 2.28. The number of hydrogen-bond acceptors (Lipinski definition) is 4. The third-order valence-electron chi connectivity index (χ3n) is 3.84. The Labute approximate surface area is 144 Å². The number of pyridine rings is 1. The van der Waals surface area contributed by atoms with Crippen LogP contribution in [0.2, 0.25) is 0 Å². The molecule has 0 saturated heterocycles. The Morgan fingerprint density at radius 1 is 1.20 bits per heavy atom. The summed E-state index contributed by atoms with van der Waals surface area (Å²) in [7, 11) is 3.34. The van der Waals surface area contributed by atoms with E-state index in [0.29, 0.717) is 28.2 Å². The molecule has 0 aliphatic heterocycles. The Morgan fingerprint density at radius 2 is 1.96 bits per heavy atom. The number of imidazole rings is 1. The van der Waals surface area contributed by atoms with Gasteiger partial charge in [0.15, 0.2) is 11.4 Å². The minimum Gasteiger partial charge on any atom is -0.455 e. The maximum atomic E-state index is 12.1. The predicted molar refractivity (Wildman–Crippen MR) is 95.1 cm³/mol. The number of nitrogens with zero attached hydrogens (tertiary/aromatic N) is 3. The first-order valence-electron chi connectivity index (χ1n) is 7.97. The largest absolute Gasteiger partial charge is 0.455 e. The van der Waals surface area contributed by atoms with E-state index in [1.807, 2.05) is 13.8 Å². The molecule has 0 unspecified atom stereocenters. The second-order valence-electron chi connectivity index (χ2n) is 6.14. The summed E-state index contributed by atoms with van der Waals surface area (Å²) in [5, 5.41) is 2.85. The lowest BCUT2D eigenvalue weighted by Gasteiger charge is -2.11. The normalized spacial score (nSPS) is 11.1. The van der Waals surface area contributed by atoms with Crippen LogP contribution < -0.4 is 15.7 Å². The molecule has 1 aromatic carbocycles. The van der Waals surface area contributed by atoms with Crippen molar-refractivity contribution in [1.29, 1.82) is 0 Å². The van der Waals surface area contributed by atoms with Crippen LogP contribution in [0.4, 0.5) is 0 Å². The first-order chi connectivity index (χ1) is 11.9. The van der Waals surface area contributed by atoms with Gasteiger partial charge in [-0.1, -0.05) is 6.07 Å². The average molecular weight is 340 g/mol. The maximum absolute atomic E-state index is 12.1. The van der Waals surface area contributed by atoms with Crippen molar-refractivity contribution in [3.63, 3.8) is 0 Å². The van der Waals surface area contributed by atoms with Crippen LogP contribution in [-0.4, -0.2) is 26.1 Å². The second kappa shape index (κ2) is 6.43. The number of hydrogen-bond donors (Lipinski definition) is 1. The van der Waals surface area contributed by atoms with Crippen LogP contribution in [0.5, 0.6) is 11.5 Å². The summed E-state index contributed by atoms with van der Waals surface area (Å²) in [4.78, 5) is 28.5. The molecule has 0 fully saturated rings. The van der Waals surface area contributed by atoms with E-state index in [0.717, 1.165) is 0 Å². The van der Waals surface area contributed by atoms with Gasteiger partial charge in [0, 0.05) is 38.0 Å². The van der Waals surface area contributed by atoms with Crippen molar-refractivity contribution in [2.45, 2.75) is 19.9 Å². The fraction of sp³-hybridized carbons (Fsp3) is 0.278. The number of benzene rings is 1. The molecule has 0 aliphatic carbocycles. The van der Waals surface area contributed by atoms with Gasteiger partial charge in [0.1, 0.15) is 11.3 Å². The zero-order chi connectivity index (χ0) is 18.1. The minimum absolute atomic E-state index is 0.0516. The number of carbonyl (C=O) groups excluding carboxylic acids is 1. The Balaban J connectivity index is 1.99. The van der Waals surface area contributed by atoms with Crippen LogP contribution in [-0.2, 0) is 14.1 Å². The molecule has 3 rings (SSSR count). The second-order valence-corrected chi connectivity index (χ2v) is 6.14. The van der Waals surface area contributed by atoms with Crippen LogP contribution in [0.15, 0.2) is 41.3 Å².